The molecule has 1 N–H and O–H groups in total. The van der Waals surface area contributed by atoms with Crippen molar-refractivity contribution in [2.24, 2.45) is 0 Å². The van der Waals surface area contributed by atoms with Crippen LogP contribution in [0.1, 0.15) is 20.3 Å². The Balaban J connectivity index is 5.98. The van der Waals surface area contributed by atoms with Gasteiger partial charge in [0.2, 0.25) is 0 Å². The van der Waals surface area contributed by atoms with Gasteiger partial charge in [-0.3, -0.25) is 0 Å². The molecule has 0 saturated carbocycles. The molecule has 0 fully saturated rings. The molecule has 23 heavy (non-hydrogen) atoms. The van der Waals surface area contributed by atoms with Gasteiger partial charge in [0.05, 0.1) is 0 Å². The van der Waals surface area contributed by atoms with E-state index in [1.54, 1.807) is 6.92 Å². The molecule has 2 atom stereocenters. The van der Waals surface area contributed by atoms with Gasteiger partial charge in [0.15, 0.2) is 31.2 Å². The fourth-order valence-electron chi connectivity index (χ4n) is 2.21. The van der Waals surface area contributed by atoms with E-state index < -0.39 is 40.0 Å². The van der Waals surface area contributed by atoms with Crippen molar-refractivity contribution in [1.29, 1.82) is 0 Å². The highest BCUT2D eigenvalue weighted by Gasteiger charge is 2.56. The Kier molecular flexibility index (Phi) is 8.61. The lowest BCUT2D eigenvalue weighted by Crippen LogP contribution is -2.67. The Hall–Kier alpha value is 0.668. The summed E-state index contributed by atoms with van der Waals surface area (Å²) in [4.78, 5) is 0. The van der Waals surface area contributed by atoms with Crippen LogP contribution in [0.5, 0.6) is 0 Å². The highest BCUT2D eigenvalue weighted by molar-refractivity contribution is 6.90. The highest BCUT2D eigenvalue weighted by atomic mass is 28.5. The van der Waals surface area contributed by atoms with Gasteiger partial charge in [-0.15, -0.1) is 0 Å². The van der Waals surface area contributed by atoms with Crippen LogP contribution in [-0.4, -0.2) is 50.9 Å². The van der Waals surface area contributed by atoms with Gasteiger partial charge in [-0.05, 0) is 72.3 Å². The molecule has 0 aromatic rings. The van der Waals surface area contributed by atoms with Crippen LogP contribution in [-0.2, 0) is 17.1 Å². The SMILES string of the molecule is CCC(OC(C)O)[Si](O[Si](C)(C)C)(O[Si](C)(C)C)O[Si](C)(C)C. The topological polar surface area (TPSA) is 57.2 Å². The lowest BCUT2D eigenvalue weighted by molar-refractivity contribution is -0.115. The van der Waals surface area contributed by atoms with Crippen molar-refractivity contribution in [1.82, 2.24) is 0 Å². The average Bonchev–Trinajstić information content (AvgIpc) is 2.17. The smallest absolute Gasteiger partial charge is 0.415 e. The molecule has 0 saturated heterocycles. The first-order valence-electron chi connectivity index (χ1n) is 8.44. The fraction of sp³-hybridized carbons (Fsp3) is 1.00. The van der Waals surface area contributed by atoms with Crippen LogP contribution in [0.4, 0.5) is 0 Å². The van der Waals surface area contributed by atoms with Crippen LogP contribution in [0, 0.1) is 0 Å². The van der Waals surface area contributed by atoms with Gasteiger partial charge in [0.25, 0.3) is 0 Å². The molecule has 0 spiro atoms. The maximum Gasteiger partial charge on any atom is 0.500 e. The van der Waals surface area contributed by atoms with Crippen LogP contribution in [0.15, 0.2) is 0 Å². The number of ether oxygens (including phenoxy) is 1. The van der Waals surface area contributed by atoms with Gasteiger partial charge < -0.3 is 22.2 Å². The quantitative estimate of drug-likeness (QED) is 0.442. The highest BCUT2D eigenvalue weighted by Crippen LogP contribution is 2.31. The third-order valence-electron chi connectivity index (χ3n) is 2.47. The standard InChI is InChI=1S/C14H38O5Si4/c1-12-14(16-13(2)15)23(17-20(3,4)5,18-21(6,7)8)19-22(9,10)11/h13-15H,12H2,1-11H3. The summed E-state index contributed by atoms with van der Waals surface area (Å²) >= 11 is 0. The second-order valence-corrected chi connectivity index (χ2v) is 25.9. The van der Waals surface area contributed by atoms with E-state index in [1.165, 1.54) is 0 Å². The Morgan fingerprint density at radius 3 is 1.22 bits per heavy atom. The molecule has 0 rings (SSSR count). The molecule has 0 aliphatic rings. The zero-order valence-corrected chi connectivity index (χ0v) is 20.9. The van der Waals surface area contributed by atoms with E-state index in [2.05, 4.69) is 58.9 Å². The van der Waals surface area contributed by atoms with Crippen molar-refractivity contribution in [3.05, 3.63) is 0 Å². The number of rotatable bonds is 10. The van der Waals surface area contributed by atoms with Gasteiger partial charge in [-0.25, -0.2) is 0 Å². The normalized spacial score (nSPS) is 17.2. The summed E-state index contributed by atoms with van der Waals surface area (Å²) in [5, 5.41) is 9.78. The van der Waals surface area contributed by atoms with Gasteiger partial charge >= 0.3 is 8.80 Å². The lowest BCUT2D eigenvalue weighted by Gasteiger charge is -2.46. The molecular formula is C14H38O5Si4. The molecule has 0 aromatic heterocycles. The minimum atomic E-state index is -3.09. The molecule has 140 valence electrons. The minimum absolute atomic E-state index is 0.340. The van der Waals surface area contributed by atoms with E-state index in [9.17, 15) is 5.11 Å². The molecule has 0 aromatic carbocycles. The van der Waals surface area contributed by atoms with E-state index in [0.717, 1.165) is 0 Å². The molecule has 0 heterocycles. The monoisotopic (exact) mass is 398 g/mol. The number of hydrogen-bond acceptors (Lipinski definition) is 5. The molecule has 0 amide bonds. The second kappa shape index (κ2) is 8.37. The van der Waals surface area contributed by atoms with E-state index in [1.807, 2.05) is 6.92 Å². The molecule has 0 bridgehead atoms. The van der Waals surface area contributed by atoms with Crippen LogP contribution in [0.25, 0.3) is 0 Å². The van der Waals surface area contributed by atoms with Crippen LogP contribution in [0.3, 0.4) is 0 Å². The Morgan fingerprint density at radius 2 is 1.04 bits per heavy atom. The van der Waals surface area contributed by atoms with Crippen LogP contribution >= 0.6 is 0 Å². The summed E-state index contributed by atoms with van der Waals surface area (Å²) in [6, 6.07) is 0. The van der Waals surface area contributed by atoms with Gasteiger partial charge in [-0.1, -0.05) is 6.92 Å². The van der Waals surface area contributed by atoms with Crippen LogP contribution < -0.4 is 0 Å². The average molecular weight is 399 g/mol. The maximum atomic E-state index is 9.78. The van der Waals surface area contributed by atoms with Crippen molar-refractivity contribution in [3.8, 4) is 0 Å². The number of hydrogen-bond donors (Lipinski definition) is 1. The van der Waals surface area contributed by atoms with Crippen molar-refractivity contribution in [3.63, 3.8) is 0 Å². The summed E-state index contributed by atoms with van der Waals surface area (Å²) in [6.07, 6.45) is -0.177. The van der Waals surface area contributed by atoms with E-state index in [4.69, 9.17) is 17.1 Å². The van der Waals surface area contributed by atoms with Crippen LogP contribution in [0.2, 0.25) is 58.9 Å². The van der Waals surface area contributed by atoms with Crippen molar-refractivity contribution in [2.45, 2.75) is 91.2 Å². The Bertz CT molecular complexity index is 317. The molecule has 0 aliphatic heterocycles. The van der Waals surface area contributed by atoms with Crippen molar-refractivity contribution < 1.29 is 22.2 Å². The minimum Gasteiger partial charge on any atom is -0.415 e. The largest absolute Gasteiger partial charge is 0.500 e. The number of aliphatic hydroxyl groups excluding tert-OH is 1. The van der Waals surface area contributed by atoms with Gasteiger partial charge in [-0.2, -0.15) is 0 Å². The summed E-state index contributed by atoms with van der Waals surface area (Å²) < 4.78 is 25.6. The molecule has 2 unspecified atom stereocenters. The fourth-order valence-corrected chi connectivity index (χ4v) is 16.5. The Labute approximate surface area is 147 Å². The van der Waals surface area contributed by atoms with E-state index in [-0.39, 0.29) is 5.73 Å². The molecule has 0 aliphatic carbocycles. The summed E-state index contributed by atoms with van der Waals surface area (Å²) in [5.41, 5.74) is -0.340. The molecule has 0 radical (unpaired) electrons. The first kappa shape index (κ1) is 23.7. The van der Waals surface area contributed by atoms with Crippen molar-refractivity contribution >= 4 is 33.8 Å². The van der Waals surface area contributed by atoms with Gasteiger partial charge in [0.1, 0.15) is 5.73 Å². The predicted molar refractivity (Wildman–Crippen MR) is 106 cm³/mol. The lowest BCUT2D eigenvalue weighted by atomic mass is 10.5. The third-order valence-corrected chi connectivity index (χ3v) is 14.6. The van der Waals surface area contributed by atoms with E-state index in [0.29, 0.717) is 6.42 Å². The summed E-state index contributed by atoms with van der Waals surface area (Å²) in [5.74, 6) is 0. The molecule has 5 nitrogen and oxygen atoms in total. The third kappa shape index (κ3) is 10.3. The summed E-state index contributed by atoms with van der Waals surface area (Å²) in [6.45, 7) is 23.0. The summed E-state index contributed by atoms with van der Waals surface area (Å²) in [7, 11) is -8.87. The van der Waals surface area contributed by atoms with Crippen molar-refractivity contribution in [2.75, 3.05) is 0 Å². The zero-order chi connectivity index (χ0) is 18.7. The maximum absolute atomic E-state index is 9.78. The predicted octanol–water partition coefficient (Wildman–Crippen LogP) is 4.15. The Morgan fingerprint density at radius 1 is 0.739 bits per heavy atom. The molecule has 9 heteroatoms. The molecular weight excluding hydrogens is 360 g/mol. The number of aliphatic hydroxyl groups is 1. The zero-order valence-electron chi connectivity index (χ0n) is 16.9. The van der Waals surface area contributed by atoms with E-state index >= 15 is 0 Å². The second-order valence-electron chi connectivity index (χ2n) is 8.88. The van der Waals surface area contributed by atoms with Gasteiger partial charge in [0, 0.05) is 0 Å². The first-order valence-corrected chi connectivity index (χ1v) is 20.5. The first-order chi connectivity index (χ1) is 10.00.